The van der Waals surface area contributed by atoms with Gasteiger partial charge in [0, 0.05) is 25.7 Å². The number of likely N-dealkylation sites (tertiary alicyclic amines) is 1. The molecule has 0 spiro atoms. The monoisotopic (exact) mass is 225 g/mol. The van der Waals surface area contributed by atoms with Crippen molar-refractivity contribution in [1.82, 2.24) is 4.90 Å². The van der Waals surface area contributed by atoms with Gasteiger partial charge in [-0.05, 0) is 44.9 Å². The molecule has 2 saturated heterocycles. The number of hydrogen-bond donors (Lipinski definition) is 1. The fraction of sp³-hybridized carbons (Fsp3) is 1.00. The highest BCUT2D eigenvalue weighted by atomic mass is 16.5. The molecule has 3 heteroatoms. The maximum Gasteiger partial charge on any atom is 0.0787 e. The minimum absolute atomic E-state index is 0.408. The average molecular weight is 225 g/mol. The molecular formula is C13H23NO2. The van der Waals surface area contributed by atoms with Gasteiger partial charge in [-0.2, -0.15) is 0 Å². The summed E-state index contributed by atoms with van der Waals surface area (Å²) in [6.07, 6.45) is 8.48. The van der Waals surface area contributed by atoms with Crippen LogP contribution in [0.1, 0.15) is 44.9 Å². The van der Waals surface area contributed by atoms with Crippen molar-refractivity contribution in [2.24, 2.45) is 0 Å². The van der Waals surface area contributed by atoms with E-state index in [1.165, 1.54) is 25.7 Å². The lowest BCUT2D eigenvalue weighted by atomic mass is 9.94. The van der Waals surface area contributed by atoms with Gasteiger partial charge in [-0.15, -0.1) is 0 Å². The Morgan fingerprint density at radius 3 is 2.88 bits per heavy atom. The number of ether oxygens (including phenoxy) is 1. The lowest BCUT2D eigenvalue weighted by Gasteiger charge is -2.24. The van der Waals surface area contributed by atoms with Crippen molar-refractivity contribution < 1.29 is 9.84 Å². The van der Waals surface area contributed by atoms with E-state index in [2.05, 4.69) is 4.90 Å². The number of aliphatic hydroxyl groups is 1. The molecule has 0 bridgehead atoms. The molecule has 1 N–H and O–H groups in total. The van der Waals surface area contributed by atoms with Crippen molar-refractivity contribution in [3.8, 4) is 0 Å². The molecule has 3 aliphatic rings. The largest absolute Gasteiger partial charge is 0.389 e. The lowest BCUT2D eigenvalue weighted by molar-refractivity contribution is 0.0174. The Balaban J connectivity index is 1.45. The van der Waals surface area contributed by atoms with Crippen LogP contribution in [0, 0.1) is 0 Å². The predicted octanol–water partition coefficient (Wildman–Crippen LogP) is 1.54. The van der Waals surface area contributed by atoms with Crippen molar-refractivity contribution in [3.63, 3.8) is 0 Å². The third-order valence-corrected chi connectivity index (χ3v) is 4.38. The Kier molecular flexibility index (Phi) is 2.94. The molecule has 1 aliphatic carbocycles. The Labute approximate surface area is 97.8 Å². The van der Waals surface area contributed by atoms with Crippen LogP contribution in [0.2, 0.25) is 0 Å². The first-order valence-corrected chi connectivity index (χ1v) is 6.83. The number of nitrogens with zero attached hydrogens (tertiary/aromatic N) is 1. The summed E-state index contributed by atoms with van der Waals surface area (Å²) in [6, 6.07) is 0.803. The van der Waals surface area contributed by atoms with Gasteiger partial charge in [-0.3, -0.25) is 4.90 Å². The summed E-state index contributed by atoms with van der Waals surface area (Å²) in [5.41, 5.74) is -0.408. The van der Waals surface area contributed by atoms with Crippen molar-refractivity contribution >= 4 is 0 Å². The van der Waals surface area contributed by atoms with E-state index in [1.807, 2.05) is 0 Å². The minimum Gasteiger partial charge on any atom is -0.389 e. The molecule has 2 unspecified atom stereocenters. The fourth-order valence-corrected chi connectivity index (χ4v) is 3.14. The van der Waals surface area contributed by atoms with Gasteiger partial charge in [-0.25, -0.2) is 0 Å². The van der Waals surface area contributed by atoms with Crippen LogP contribution < -0.4 is 0 Å². The summed E-state index contributed by atoms with van der Waals surface area (Å²) in [5, 5.41) is 10.5. The van der Waals surface area contributed by atoms with Crippen LogP contribution in [0.15, 0.2) is 0 Å². The molecule has 0 amide bonds. The van der Waals surface area contributed by atoms with Gasteiger partial charge in [0.1, 0.15) is 0 Å². The van der Waals surface area contributed by atoms with Gasteiger partial charge in [-0.1, -0.05) is 0 Å². The third-order valence-electron chi connectivity index (χ3n) is 4.38. The summed E-state index contributed by atoms with van der Waals surface area (Å²) in [7, 11) is 0. The van der Waals surface area contributed by atoms with Crippen LogP contribution in [0.3, 0.4) is 0 Å². The maximum absolute atomic E-state index is 10.5. The highest BCUT2D eigenvalue weighted by Gasteiger charge is 2.41. The highest BCUT2D eigenvalue weighted by Crippen LogP contribution is 2.36. The van der Waals surface area contributed by atoms with Gasteiger partial charge in [0.05, 0.1) is 11.7 Å². The Bertz CT molecular complexity index is 248. The smallest absolute Gasteiger partial charge is 0.0787 e. The zero-order chi connectivity index (χ0) is 11.0. The molecule has 0 aromatic carbocycles. The van der Waals surface area contributed by atoms with E-state index >= 15 is 0 Å². The Morgan fingerprint density at radius 1 is 1.31 bits per heavy atom. The average Bonchev–Trinajstić information content (AvgIpc) is 2.86. The van der Waals surface area contributed by atoms with E-state index < -0.39 is 5.60 Å². The summed E-state index contributed by atoms with van der Waals surface area (Å²) >= 11 is 0. The van der Waals surface area contributed by atoms with Crippen molar-refractivity contribution in [2.45, 2.75) is 62.7 Å². The third kappa shape index (κ3) is 2.41. The standard InChI is InChI=1S/C13H23NO2/c15-13(6-5-12-2-1-9-16-12)7-8-14(10-13)11-3-4-11/h11-12,15H,1-10H2. The van der Waals surface area contributed by atoms with Crippen LogP contribution in [-0.4, -0.2) is 47.4 Å². The molecule has 0 aromatic heterocycles. The highest BCUT2D eigenvalue weighted by molar-refractivity contribution is 4.97. The van der Waals surface area contributed by atoms with E-state index in [0.29, 0.717) is 6.10 Å². The first-order valence-electron chi connectivity index (χ1n) is 6.83. The summed E-state index contributed by atoms with van der Waals surface area (Å²) in [6.45, 7) is 2.94. The second kappa shape index (κ2) is 4.28. The molecule has 2 heterocycles. The molecule has 3 nitrogen and oxygen atoms in total. The first-order chi connectivity index (χ1) is 7.75. The number of β-amino-alcohol motifs (C(OH)–C–C–N with tert-alkyl or cyclic N) is 1. The quantitative estimate of drug-likeness (QED) is 0.788. The Morgan fingerprint density at radius 2 is 2.19 bits per heavy atom. The molecule has 92 valence electrons. The zero-order valence-corrected chi connectivity index (χ0v) is 10.0. The Hall–Kier alpha value is -0.120. The molecule has 2 aliphatic heterocycles. The van der Waals surface area contributed by atoms with Crippen molar-refractivity contribution in [1.29, 1.82) is 0 Å². The summed E-state index contributed by atoms with van der Waals surface area (Å²) < 4.78 is 5.62. The molecule has 16 heavy (non-hydrogen) atoms. The fourth-order valence-electron chi connectivity index (χ4n) is 3.14. The van der Waals surface area contributed by atoms with Gasteiger partial charge in [0.2, 0.25) is 0 Å². The second-order valence-corrected chi connectivity index (χ2v) is 5.85. The number of hydrogen-bond acceptors (Lipinski definition) is 3. The van der Waals surface area contributed by atoms with E-state index in [0.717, 1.165) is 45.0 Å². The predicted molar refractivity (Wildman–Crippen MR) is 62.4 cm³/mol. The maximum atomic E-state index is 10.5. The molecule has 0 radical (unpaired) electrons. The van der Waals surface area contributed by atoms with E-state index in [1.54, 1.807) is 0 Å². The summed E-state index contributed by atoms with van der Waals surface area (Å²) in [4.78, 5) is 2.48. The summed E-state index contributed by atoms with van der Waals surface area (Å²) in [5.74, 6) is 0. The van der Waals surface area contributed by atoms with Gasteiger partial charge >= 0.3 is 0 Å². The van der Waals surface area contributed by atoms with Crippen LogP contribution in [0.25, 0.3) is 0 Å². The molecule has 3 fully saturated rings. The second-order valence-electron chi connectivity index (χ2n) is 5.85. The van der Waals surface area contributed by atoms with Gasteiger partial charge in [0.25, 0.3) is 0 Å². The van der Waals surface area contributed by atoms with E-state index in [4.69, 9.17) is 4.74 Å². The molecule has 1 saturated carbocycles. The lowest BCUT2D eigenvalue weighted by Crippen LogP contribution is -2.34. The van der Waals surface area contributed by atoms with Crippen LogP contribution in [0.4, 0.5) is 0 Å². The topological polar surface area (TPSA) is 32.7 Å². The minimum atomic E-state index is -0.408. The molecule has 0 aromatic rings. The molecular weight excluding hydrogens is 202 g/mol. The van der Waals surface area contributed by atoms with Gasteiger partial charge < -0.3 is 9.84 Å². The van der Waals surface area contributed by atoms with Crippen molar-refractivity contribution in [3.05, 3.63) is 0 Å². The SMILES string of the molecule is OC1(CCC2CCCO2)CCN(C2CC2)C1. The van der Waals surface area contributed by atoms with Crippen LogP contribution in [-0.2, 0) is 4.74 Å². The van der Waals surface area contributed by atoms with Crippen LogP contribution >= 0.6 is 0 Å². The van der Waals surface area contributed by atoms with E-state index in [9.17, 15) is 5.11 Å². The first kappa shape index (κ1) is 11.0. The van der Waals surface area contributed by atoms with Crippen LogP contribution in [0.5, 0.6) is 0 Å². The zero-order valence-electron chi connectivity index (χ0n) is 10.0. The van der Waals surface area contributed by atoms with Gasteiger partial charge in [0.15, 0.2) is 0 Å². The molecule has 3 rings (SSSR count). The van der Waals surface area contributed by atoms with Crippen molar-refractivity contribution in [2.75, 3.05) is 19.7 Å². The normalized spacial score (nSPS) is 40.7. The number of rotatable bonds is 4. The van der Waals surface area contributed by atoms with E-state index in [-0.39, 0.29) is 0 Å². The molecule has 2 atom stereocenters.